The molecule has 0 aliphatic heterocycles. The lowest BCUT2D eigenvalue weighted by molar-refractivity contribution is -0.387. The average molecular weight is 366 g/mol. The van der Waals surface area contributed by atoms with E-state index in [0.29, 0.717) is 15.1 Å². The van der Waals surface area contributed by atoms with Crippen molar-refractivity contribution in [3.05, 3.63) is 62.0 Å². The number of nitro groups is 1. The summed E-state index contributed by atoms with van der Waals surface area (Å²) in [5, 5.41) is 11.3. The Kier molecular flexibility index (Phi) is 4.13. The highest BCUT2D eigenvalue weighted by Crippen LogP contribution is 2.24. The lowest BCUT2D eigenvalue weighted by Gasteiger charge is -2.05. The van der Waals surface area contributed by atoms with Crippen molar-refractivity contribution in [2.75, 3.05) is 0 Å². The molecule has 3 aromatic rings. The van der Waals surface area contributed by atoms with Gasteiger partial charge in [0, 0.05) is 17.5 Å². The zero-order valence-corrected chi connectivity index (χ0v) is 13.6. The molecule has 3 rings (SSSR count). The Hall–Kier alpha value is -2.63. The fourth-order valence-corrected chi connectivity index (χ4v) is 4.29. The standard InChI is InChI=1S/C13H10N4O5S2/c18-12-9-5-8(23-13(9)15-7-14-12)6-16-24(21,22)11-4-2-1-3-10(11)17(19)20/h1-5,7,16H,6H2,(H,14,15,18). The second-order valence-corrected chi connectivity index (χ2v) is 7.56. The summed E-state index contributed by atoms with van der Waals surface area (Å²) in [6, 6.07) is 6.62. The van der Waals surface area contributed by atoms with E-state index in [1.54, 1.807) is 0 Å². The Bertz CT molecular complexity index is 1090. The van der Waals surface area contributed by atoms with Crippen LogP contribution >= 0.6 is 11.3 Å². The molecule has 0 unspecified atom stereocenters. The van der Waals surface area contributed by atoms with Gasteiger partial charge in [0.1, 0.15) is 4.83 Å². The van der Waals surface area contributed by atoms with Crippen LogP contribution in [-0.2, 0) is 16.6 Å². The molecule has 2 aromatic heterocycles. The number of aromatic nitrogens is 2. The third kappa shape index (κ3) is 3.04. The van der Waals surface area contributed by atoms with Crippen LogP contribution in [0.3, 0.4) is 0 Å². The highest BCUT2D eigenvalue weighted by molar-refractivity contribution is 7.89. The molecule has 0 amide bonds. The molecule has 0 aliphatic carbocycles. The molecule has 0 fully saturated rings. The van der Waals surface area contributed by atoms with Gasteiger partial charge in [-0.2, -0.15) is 0 Å². The van der Waals surface area contributed by atoms with E-state index in [1.807, 2.05) is 0 Å². The number of aromatic amines is 1. The Morgan fingerprint density at radius 1 is 1.33 bits per heavy atom. The van der Waals surface area contributed by atoms with E-state index in [-0.39, 0.29) is 12.1 Å². The van der Waals surface area contributed by atoms with E-state index >= 15 is 0 Å². The summed E-state index contributed by atoms with van der Waals surface area (Å²) in [6.07, 6.45) is 1.27. The van der Waals surface area contributed by atoms with Gasteiger partial charge in [-0.15, -0.1) is 11.3 Å². The minimum absolute atomic E-state index is 0.102. The summed E-state index contributed by atoms with van der Waals surface area (Å²) in [6.45, 7) is -0.102. The lowest BCUT2D eigenvalue weighted by atomic mass is 10.3. The van der Waals surface area contributed by atoms with Crippen molar-refractivity contribution >= 4 is 37.3 Å². The average Bonchev–Trinajstić information content (AvgIpc) is 2.98. The molecule has 2 N–H and O–H groups in total. The number of benzene rings is 1. The van der Waals surface area contributed by atoms with Crippen molar-refractivity contribution in [3.63, 3.8) is 0 Å². The number of para-hydroxylation sites is 1. The number of nitrogens with one attached hydrogen (secondary N) is 2. The van der Waals surface area contributed by atoms with Gasteiger partial charge in [-0.3, -0.25) is 14.9 Å². The van der Waals surface area contributed by atoms with Crippen LogP contribution in [0, 0.1) is 10.1 Å². The molecule has 24 heavy (non-hydrogen) atoms. The van der Waals surface area contributed by atoms with Gasteiger partial charge in [0.25, 0.3) is 11.2 Å². The monoisotopic (exact) mass is 366 g/mol. The first-order valence-corrected chi connectivity index (χ1v) is 8.87. The lowest BCUT2D eigenvalue weighted by Crippen LogP contribution is -2.23. The van der Waals surface area contributed by atoms with Crippen molar-refractivity contribution in [2.45, 2.75) is 11.4 Å². The Labute approximate surface area is 139 Å². The van der Waals surface area contributed by atoms with Crippen molar-refractivity contribution in [2.24, 2.45) is 0 Å². The van der Waals surface area contributed by atoms with Gasteiger partial charge in [-0.1, -0.05) is 12.1 Å². The fraction of sp³-hybridized carbons (Fsp3) is 0.0769. The molecule has 0 atom stereocenters. The third-order valence-corrected chi connectivity index (χ3v) is 5.67. The molecular weight excluding hydrogens is 356 g/mol. The van der Waals surface area contributed by atoms with Crippen LogP contribution in [0.2, 0.25) is 0 Å². The summed E-state index contributed by atoms with van der Waals surface area (Å²) in [7, 11) is -4.07. The second-order valence-electron chi connectivity index (χ2n) is 4.71. The molecule has 0 radical (unpaired) electrons. The fourth-order valence-electron chi connectivity index (χ4n) is 2.08. The van der Waals surface area contributed by atoms with E-state index in [4.69, 9.17) is 0 Å². The Morgan fingerprint density at radius 2 is 2.08 bits per heavy atom. The van der Waals surface area contributed by atoms with Crippen LogP contribution in [0.15, 0.2) is 46.3 Å². The van der Waals surface area contributed by atoms with Gasteiger partial charge in [0.15, 0.2) is 4.90 Å². The van der Waals surface area contributed by atoms with E-state index < -0.39 is 25.5 Å². The van der Waals surface area contributed by atoms with Gasteiger partial charge < -0.3 is 4.98 Å². The molecule has 2 heterocycles. The van der Waals surface area contributed by atoms with E-state index in [1.165, 1.54) is 35.9 Å². The van der Waals surface area contributed by atoms with E-state index in [2.05, 4.69) is 14.7 Å². The van der Waals surface area contributed by atoms with Crippen LogP contribution in [0.4, 0.5) is 5.69 Å². The molecule has 0 spiro atoms. The Morgan fingerprint density at radius 3 is 2.79 bits per heavy atom. The molecule has 1 aromatic carbocycles. The summed E-state index contributed by atoms with van der Waals surface area (Å²) in [4.78, 5) is 28.9. The number of H-pyrrole nitrogens is 1. The maximum absolute atomic E-state index is 12.3. The normalized spacial score (nSPS) is 11.7. The second kappa shape index (κ2) is 6.11. The highest BCUT2D eigenvalue weighted by atomic mass is 32.2. The first-order valence-electron chi connectivity index (χ1n) is 6.57. The van der Waals surface area contributed by atoms with Gasteiger partial charge in [0.2, 0.25) is 10.0 Å². The van der Waals surface area contributed by atoms with Crippen molar-refractivity contribution < 1.29 is 13.3 Å². The number of rotatable bonds is 5. The first kappa shape index (κ1) is 16.2. The zero-order valence-electron chi connectivity index (χ0n) is 11.9. The molecule has 0 bridgehead atoms. The minimum atomic E-state index is -4.07. The molecular formula is C13H10N4O5S2. The molecule has 0 saturated carbocycles. The number of hydrogen-bond acceptors (Lipinski definition) is 7. The zero-order chi connectivity index (χ0) is 17.3. The topological polar surface area (TPSA) is 135 Å². The van der Waals surface area contributed by atoms with Crippen LogP contribution in [0.25, 0.3) is 10.2 Å². The quantitative estimate of drug-likeness (QED) is 0.517. The van der Waals surface area contributed by atoms with Gasteiger partial charge >= 0.3 is 0 Å². The molecule has 11 heteroatoms. The number of nitro benzene ring substituents is 1. The van der Waals surface area contributed by atoms with Crippen LogP contribution < -0.4 is 10.3 Å². The predicted octanol–water partition coefficient (Wildman–Crippen LogP) is 1.37. The number of hydrogen-bond donors (Lipinski definition) is 2. The third-order valence-electron chi connectivity index (χ3n) is 3.17. The molecule has 124 valence electrons. The summed E-state index contributed by atoms with van der Waals surface area (Å²) in [5.74, 6) is 0. The smallest absolute Gasteiger partial charge is 0.289 e. The number of sulfonamides is 1. The summed E-state index contributed by atoms with van der Waals surface area (Å²) < 4.78 is 26.9. The SMILES string of the molecule is O=c1[nH]cnc2sc(CNS(=O)(=O)c3ccccc3[N+](=O)[O-])cc12. The van der Waals surface area contributed by atoms with Gasteiger partial charge in [-0.25, -0.2) is 18.1 Å². The first-order chi connectivity index (χ1) is 11.4. The molecule has 9 nitrogen and oxygen atoms in total. The van der Waals surface area contributed by atoms with Crippen LogP contribution in [0.1, 0.15) is 4.88 Å². The van der Waals surface area contributed by atoms with Crippen molar-refractivity contribution in [3.8, 4) is 0 Å². The molecule has 0 saturated heterocycles. The summed E-state index contributed by atoms with van der Waals surface area (Å²) in [5.41, 5.74) is -0.816. The Balaban J connectivity index is 1.89. The van der Waals surface area contributed by atoms with Crippen molar-refractivity contribution in [1.29, 1.82) is 0 Å². The number of fused-ring (bicyclic) bond motifs is 1. The number of nitrogens with zero attached hydrogens (tertiary/aromatic N) is 2. The summed E-state index contributed by atoms with van der Waals surface area (Å²) >= 11 is 1.17. The minimum Gasteiger partial charge on any atom is -0.313 e. The largest absolute Gasteiger partial charge is 0.313 e. The van der Waals surface area contributed by atoms with Crippen molar-refractivity contribution in [1.82, 2.24) is 14.7 Å². The highest BCUT2D eigenvalue weighted by Gasteiger charge is 2.25. The maximum atomic E-state index is 12.3. The predicted molar refractivity (Wildman–Crippen MR) is 87.4 cm³/mol. The maximum Gasteiger partial charge on any atom is 0.289 e. The molecule has 0 aliphatic rings. The number of thiophene rings is 1. The van der Waals surface area contributed by atoms with Crippen LogP contribution in [-0.4, -0.2) is 23.3 Å². The van der Waals surface area contributed by atoms with Crippen LogP contribution in [0.5, 0.6) is 0 Å². The van der Waals surface area contributed by atoms with E-state index in [9.17, 15) is 23.3 Å². The van der Waals surface area contributed by atoms with Gasteiger partial charge in [-0.05, 0) is 12.1 Å². The van der Waals surface area contributed by atoms with E-state index in [0.717, 1.165) is 12.1 Å². The van der Waals surface area contributed by atoms with Gasteiger partial charge in [0.05, 0.1) is 16.6 Å².